The monoisotopic (exact) mass is 589 g/mol. The van der Waals surface area contributed by atoms with E-state index in [0.29, 0.717) is 25.8 Å². The zero-order valence-electron chi connectivity index (χ0n) is 24.3. The molecule has 0 bridgehead atoms. The summed E-state index contributed by atoms with van der Waals surface area (Å²) in [5.74, 6) is -0.00499. The Balaban J connectivity index is 4.18. The quantitative estimate of drug-likeness (QED) is 0.0296. The number of hydrogen-bond donors (Lipinski definition) is 11. The number of nitrogens with two attached hydrogens (primary N) is 2. The topological polar surface area (TPSA) is 246 Å². The second kappa shape index (κ2) is 23.7. The van der Waals surface area contributed by atoms with Crippen LogP contribution < -0.4 is 11.5 Å². The lowest BCUT2D eigenvalue weighted by Gasteiger charge is -2.17. The van der Waals surface area contributed by atoms with Crippen LogP contribution in [0.3, 0.4) is 0 Å². The van der Waals surface area contributed by atoms with Gasteiger partial charge in [0, 0.05) is 25.8 Å². The molecule has 12 nitrogen and oxygen atoms in total. The fourth-order valence-electron chi connectivity index (χ4n) is 4.08. The minimum Gasteiger partial charge on any atom is -0.393 e. The zero-order chi connectivity index (χ0) is 31.2. The third kappa shape index (κ3) is 24.4. The molecule has 0 fully saturated rings. The zero-order valence-corrected chi connectivity index (χ0v) is 24.3. The number of aliphatic hydroxyl groups is 9. The molecule has 0 aromatic heterocycles. The van der Waals surface area contributed by atoms with E-state index in [1.165, 1.54) is 18.2 Å². The summed E-state index contributed by atoms with van der Waals surface area (Å²) < 4.78 is 0. The van der Waals surface area contributed by atoms with Crippen molar-refractivity contribution in [3.8, 4) is 0 Å². The maximum absolute atomic E-state index is 10.1. The van der Waals surface area contributed by atoms with Crippen molar-refractivity contribution in [3.63, 3.8) is 0 Å². The molecule has 0 spiro atoms. The Morgan fingerprint density at radius 2 is 0.951 bits per heavy atom. The van der Waals surface area contributed by atoms with Crippen molar-refractivity contribution in [2.24, 2.45) is 16.5 Å². The SMILES string of the molecule is CCC(O)CC(O)C=CCC(O)CC(O)CC(O)C=CCC(O)CC(O)C=CCC(O)CC(O)CCCN=C(N)N. The lowest BCUT2D eigenvalue weighted by molar-refractivity contribution is 0.0523. The Morgan fingerprint density at radius 3 is 1.39 bits per heavy atom. The minimum absolute atomic E-state index is 0.00264. The summed E-state index contributed by atoms with van der Waals surface area (Å²) in [6.07, 6.45) is 4.39. The summed E-state index contributed by atoms with van der Waals surface area (Å²) in [5, 5.41) is 89.8. The summed E-state index contributed by atoms with van der Waals surface area (Å²) in [7, 11) is 0. The van der Waals surface area contributed by atoms with E-state index in [2.05, 4.69) is 4.99 Å². The molecule has 0 amide bonds. The average molecular weight is 590 g/mol. The van der Waals surface area contributed by atoms with Gasteiger partial charge < -0.3 is 57.4 Å². The first-order chi connectivity index (χ1) is 19.3. The normalized spacial score (nSPS) is 19.2. The Kier molecular flexibility index (Phi) is 22.6. The van der Waals surface area contributed by atoms with Gasteiger partial charge in [0.1, 0.15) is 0 Å². The van der Waals surface area contributed by atoms with Gasteiger partial charge in [0.2, 0.25) is 0 Å². The van der Waals surface area contributed by atoms with E-state index in [9.17, 15) is 46.0 Å². The van der Waals surface area contributed by atoms with E-state index >= 15 is 0 Å². The molecule has 12 heteroatoms. The molecule has 0 aromatic rings. The van der Waals surface area contributed by atoms with Crippen LogP contribution in [0.25, 0.3) is 0 Å². The Bertz CT molecular complexity index is 762. The molecule has 0 aliphatic carbocycles. The Morgan fingerprint density at radius 1 is 0.561 bits per heavy atom. The van der Waals surface area contributed by atoms with Crippen LogP contribution in [0.5, 0.6) is 0 Å². The van der Waals surface area contributed by atoms with Crippen LogP contribution in [0, 0.1) is 0 Å². The average Bonchev–Trinajstić information content (AvgIpc) is 2.86. The molecule has 240 valence electrons. The van der Waals surface area contributed by atoms with Crippen molar-refractivity contribution < 1.29 is 46.0 Å². The van der Waals surface area contributed by atoms with Crippen molar-refractivity contribution in [2.75, 3.05) is 6.54 Å². The summed E-state index contributed by atoms with van der Waals surface area (Å²) in [6.45, 7) is 2.22. The highest BCUT2D eigenvalue weighted by Crippen LogP contribution is 2.13. The highest BCUT2D eigenvalue weighted by atomic mass is 16.3. The van der Waals surface area contributed by atoms with Crippen LogP contribution in [0.2, 0.25) is 0 Å². The highest BCUT2D eigenvalue weighted by molar-refractivity contribution is 5.75. The number of aliphatic imine (C=N–C) groups is 1. The standard InChI is InChI=1S/C29H55N3O9/c1-2-20(33)15-21(34)7-3-11-25(38)18-28(41)19-26(39)12-5-10-23(36)16-22(35)8-4-9-24(37)17-27(40)13-6-14-32-29(30)31/h3-5,7-8,12,20-28,33-41H,2,6,9-11,13-19H2,1H3,(H4,30,31,32). The summed E-state index contributed by atoms with van der Waals surface area (Å²) in [4.78, 5) is 3.83. The van der Waals surface area contributed by atoms with Gasteiger partial charge in [-0.05, 0) is 51.4 Å². The molecule has 0 aromatic carbocycles. The van der Waals surface area contributed by atoms with E-state index in [1.807, 2.05) is 6.92 Å². The highest BCUT2D eigenvalue weighted by Gasteiger charge is 2.15. The van der Waals surface area contributed by atoms with Crippen molar-refractivity contribution in [2.45, 2.75) is 132 Å². The van der Waals surface area contributed by atoms with Crippen LogP contribution in [0.15, 0.2) is 41.4 Å². The lowest BCUT2D eigenvalue weighted by atomic mass is 10.0. The molecule has 0 radical (unpaired) electrons. The predicted octanol–water partition coefficient (Wildman–Crippen LogP) is -0.512. The van der Waals surface area contributed by atoms with Gasteiger partial charge in [0.25, 0.3) is 0 Å². The van der Waals surface area contributed by atoms with Crippen LogP contribution in [-0.4, -0.2) is 113 Å². The Hall–Kier alpha value is -1.87. The van der Waals surface area contributed by atoms with Gasteiger partial charge in [0.15, 0.2) is 5.96 Å². The van der Waals surface area contributed by atoms with Crippen molar-refractivity contribution in [1.29, 1.82) is 0 Å². The largest absolute Gasteiger partial charge is 0.393 e. The molecule has 0 saturated heterocycles. The molecule has 9 atom stereocenters. The van der Waals surface area contributed by atoms with E-state index in [4.69, 9.17) is 11.5 Å². The van der Waals surface area contributed by atoms with Gasteiger partial charge in [-0.1, -0.05) is 43.4 Å². The van der Waals surface area contributed by atoms with Gasteiger partial charge in [-0.15, -0.1) is 0 Å². The number of guanidine groups is 1. The van der Waals surface area contributed by atoms with Crippen LogP contribution in [0.4, 0.5) is 0 Å². The first kappa shape index (κ1) is 39.1. The number of rotatable bonds is 24. The van der Waals surface area contributed by atoms with Crippen LogP contribution in [-0.2, 0) is 0 Å². The molecule has 0 aliphatic rings. The van der Waals surface area contributed by atoms with Crippen molar-refractivity contribution >= 4 is 5.96 Å². The molecule has 9 unspecified atom stereocenters. The van der Waals surface area contributed by atoms with Gasteiger partial charge >= 0.3 is 0 Å². The molecule has 0 heterocycles. The molecule has 41 heavy (non-hydrogen) atoms. The van der Waals surface area contributed by atoms with E-state index in [-0.39, 0.29) is 57.3 Å². The third-order valence-electron chi connectivity index (χ3n) is 6.39. The fourth-order valence-corrected chi connectivity index (χ4v) is 4.08. The summed E-state index contributed by atoms with van der Waals surface area (Å²) in [5.41, 5.74) is 10.5. The molecular formula is C29H55N3O9. The summed E-state index contributed by atoms with van der Waals surface area (Å²) in [6, 6.07) is 0. The lowest BCUT2D eigenvalue weighted by Crippen LogP contribution is -2.23. The van der Waals surface area contributed by atoms with Crippen LogP contribution in [0.1, 0.15) is 77.6 Å². The van der Waals surface area contributed by atoms with Gasteiger partial charge in [-0.25, -0.2) is 0 Å². The molecular weight excluding hydrogens is 534 g/mol. The first-order valence-corrected chi connectivity index (χ1v) is 14.5. The summed E-state index contributed by atoms with van der Waals surface area (Å²) >= 11 is 0. The Labute approximate surface area is 244 Å². The van der Waals surface area contributed by atoms with E-state index in [0.717, 1.165) is 0 Å². The van der Waals surface area contributed by atoms with Crippen LogP contribution >= 0.6 is 0 Å². The van der Waals surface area contributed by atoms with Gasteiger partial charge in [-0.2, -0.15) is 0 Å². The third-order valence-corrected chi connectivity index (χ3v) is 6.39. The molecule has 0 saturated carbocycles. The van der Waals surface area contributed by atoms with Gasteiger partial charge in [0.05, 0.1) is 54.9 Å². The number of nitrogens with zero attached hydrogens (tertiary/aromatic N) is 1. The number of aliphatic hydroxyl groups excluding tert-OH is 9. The number of hydrogen-bond acceptors (Lipinski definition) is 10. The first-order valence-electron chi connectivity index (χ1n) is 14.5. The molecule has 13 N–H and O–H groups in total. The second-order valence-corrected chi connectivity index (χ2v) is 10.7. The maximum Gasteiger partial charge on any atom is 0.185 e. The second-order valence-electron chi connectivity index (χ2n) is 10.7. The van der Waals surface area contributed by atoms with E-state index < -0.39 is 54.9 Å². The van der Waals surface area contributed by atoms with Gasteiger partial charge in [-0.3, -0.25) is 4.99 Å². The minimum atomic E-state index is -0.981. The maximum atomic E-state index is 10.1. The smallest absolute Gasteiger partial charge is 0.185 e. The predicted molar refractivity (Wildman–Crippen MR) is 159 cm³/mol. The van der Waals surface area contributed by atoms with E-state index in [1.54, 1.807) is 18.2 Å². The van der Waals surface area contributed by atoms with Crippen molar-refractivity contribution in [1.82, 2.24) is 0 Å². The molecule has 0 rings (SSSR count). The molecule has 0 aliphatic heterocycles. The fraction of sp³-hybridized carbons (Fsp3) is 0.759. The van der Waals surface area contributed by atoms with Crippen molar-refractivity contribution in [3.05, 3.63) is 36.5 Å².